The Morgan fingerprint density at radius 3 is 2.25 bits per heavy atom. The van der Waals surface area contributed by atoms with E-state index in [0.29, 0.717) is 24.0 Å². The van der Waals surface area contributed by atoms with Gasteiger partial charge in [-0.2, -0.15) is 13.2 Å². The molecule has 114 valence electrons. The molecule has 0 aliphatic carbocycles. The van der Waals surface area contributed by atoms with Crippen molar-refractivity contribution in [2.24, 2.45) is 0 Å². The Morgan fingerprint density at radius 1 is 1.20 bits per heavy atom. The minimum absolute atomic E-state index is 0.180. The first-order valence-corrected chi connectivity index (χ1v) is 7.56. The summed E-state index contributed by atoms with van der Waals surface area (Å²) in [5.41, 5.74) is 7.04. The van der Waals surface area contributed by atoms with E-state index in [1.165, 1.54) is 6.07 Å². The standard InChI is InChI=1S/C12H17F3N2O2S/c1-3-8-5-10(16)9(4-2)11(6-8)20(18,19)17-7-12(13,14)15/h5-6,17H,3-4,7,16H2,1-2H3. The number of nitrogen functional groups attached to an aromatic ring is 1. The number of alkyl halides is 3. The predicted molar refractivity (Wildman–Crippen MR) is 70.9 cm³/mol. The summed E-state index contributed by atoms with van der Waals surface area (Å²) in [6.07, 6.45) is -3.75. The number of benzene rings is 1. The van der Waals surface area contributed by atoms with Gasteiger partial charge in [-0.1, -0.05) is 13.8 Å². The van der Waals surface area contributed by atoms with Crippen LogP contribution in [-0.4, -0.2) is 21.1 Å². The molecule has 3 N–H and O–H groups in total. The molecule has 4 nitrogen and oxygen atoms in total. The molecule has 0 spiro atoms. The maximum absolute atomic E-state index is 12.2. The topological polar surface area (TPSA) is 72.2 Å². The highest BCUT2D eigenvalue weighted by Crippen LogP contribution is 2.25. The van der Waals surface area contributed by atoms with Crippen molar-refractivity contribution in [1.82, 2.24) is 4.72 Å². The number of hydrogen-bond donors (Lipinski definition) is 2. The van der Waals surface area contributed by atoms with E-state index in [1.807, 2.05) is 0 Å². The Morgan fingerprint density at radius 2 is 1.80 bits per heavy atom. The molecular formula is C12H17F3N2O2S. The molecule has 0 aromatic heterocycles. The van der Waals surface area contributed by atoms with Crippen molar-refractivity contribution >= 4 is 15.7 Å². The molecule has 0 saturated carbocycles. The van der Waals surface area contributed by atoms with Gasteiger partial charge in [-0.3, -0.25) is 0 Å². The maximum atomic E-state index is 12.2. The van der Waals surface area contributed by atoms with Crippen LogP contribution in [0.4, 0.5) is 18.9 Å². The summed E-state index contributed by atoms with van der Waals surface area (Å²) in [5.74, 6) is 0. The van der Waals surface area contributed by atoms with Crippen molar-refractivity contribution in [3.63, 3.8) is 0 Å². The van der Waals surface area contributed by atoms with E-state index < -0.39 is 22.7 Å². The second-order valence-electron chi connectivity index (χ2n) is 4.31. The van der Waals surface area contributed by atoms with Crippen LogP contribution in [-0.2, 0) is 22.9 Å². The molecule has 1 aromatic rings. The largest absolute Gasteiger partial charge is 0.402 e. The summed E-state index contributed by atoms with van der Waals surface area (Å²) in [7, 11) is -4.24. The third-order valence-corrected chi connectivity index (χ3v) is 4.28. The van der Waals surface area contributed by atoms with Crippen LogP contribution >= 0.6 is 0 Å². The first kappa shape index (κ1) is 16.8. The molecule has 0 fully saturated rings. The summed E-state index contributed by atoms with van der Waals surface area (Å²) in [6, 6.07) is 3.01. The van der Waals surface area contributed by atoms with Gasteiger partial charge in [-0.25, -0.2) is 13.1 Å². The third-order valence-electron chi connectivity index (χ3n) is 2.82. The Bertz CT molecular complexity index is 583. The molecule has 1 aromatic carbocycles. The quantitative estimate of drug-likeness (QED) is 0.819. The zero-order valence-electron chi connectivity index (χ0n) is 11.2. The maximum Gasteiger partial charge on any atom is 0.402 e. The smallest absolute Gasteiger partial charge is 0.398 e. The van der Waals surface area contributed by atoms with Gasteiger partial charge in [0.2, 0.25) is 10.0 Å². The summed E-state index contributed by atoms with van der Waals surface area (Å²) in [6.45, 7) is 1.90. The molecular weight excluding hydrogens is 293 g/mol. The minimum atomic E-state index is -4.60. The van der Waals surface area contributed by atoms with Crippen molar-refractivity contribution in [2.45, 2.75) is 37.8 Å². The number of nitrogens with one attached hydrogen (secondary N) is 1. The number of hydrogen-bond acceptors (Lipinski definition) is 3. The molecule has 0 aliphatic rings. The fourth-order valence-corrected chi connectivity index (χ4v) is 3.21. The number of anilines is 1. The normalized spacial score (nSPS) is 12.7. The molecule has 0 unspecified atom stereocenters. The highest BCUT2D eigenvalue weighted by molar-refractivity contribution is 7.89. The zero-order valence-corrected chi connectivity index (χ0v) is 12.0. The van der Waals surface area contributed by atoms with Crippen LogP contribution in [0.1, 0.15) is 25.0 Å². The van der Waals surface area contributed by atoms with E-state index >= 15 is 0 Å². The monoisotopic (exact) mass is 310 g/mol. The van der Waals surface area contributed by atoms with E-state index in [0.717, 1.165) is 0 Å². The van der Waals surface area contributed by atoms with Gasteiger partial charge in [-0.05, 0) is 36.1 Å². The molecule has 0 saturated heterocycles. The highest BCUT2D eigenvalue weighted by atomic mass is 32.2. The second-order valence-corrected chi connectivity index (χ2v) is 6.04. The van der Waals surface area contributed by atoms with Crippen LogP contribution in [0, 0.1) is 0 Å². The summed E-state index contributed by atoms with van der Waals surface area (Å²) >= 11 is 0. The number of aryl methyl sites for hydroxylation is 1. The van der Waals surface area contributed by atoms with Gasteiger partial charge in [0.1, 0.15) is 6.54 Å². The van der Waals surface area contributed by atoms with Gasteiger partial charge in [0.25, 0.3) is 0 Å². The van der Waals surface area contributed by atoms with Crippen molar-refractivity contribution in [1.29, 1.82) is 0 Å². The van der Waals surface area contributed by atoms with Gasteiger partial charge < -0.3 is 5.73 Å². The van der Waals surface area contributed by atoms with Crippen LogP contribution in [0.3, 0.4) is 0 Å². The van der Waals surface area contributed by atoms with Gasteiger partial charge >= 0.3 is 6.18 Å². The Kier molecular flexibility index (Phi) is 5.04. The van der Waals surface area contributed by atoms with Crippen LogP contribution in [0.2, 0.25) is 0 Å². The van der Waals surface area contributed by atoms with Crippen LogP contribution < -0.4 is 10.5 Å². The molecule has 0 bridgehead atoms. The average Bonchev–Trinajstić information content (AvgIpc) is 2.34. The number of sulfonamides is 1. The average molecular weight is 310 g/mol. The lowest BCUT2D eigenvalue weighted by Crippen LogP contribution is -2.34. The Balaban J connectivity index is 3.26. The molecule has 0 atom stereocenters. The second kappa shape index (κ2) is 6.01. The van der Waals surface area contributed by atoms with Gasteiger partial charge in [0.05, 0.1) is 4.90 Å². The molecule has 8 heteroatoms. The van der Waals surface area contributed by atoms with E-state index in [1.54, 1.807) is 24.6 Å². The van der Waals surface area contributed by atoms with E-state index in [9.17, 15) is 21.6 Å². The molecule has 0 amide bonds. The first-order chi connectivity index (χ1) is 9.10. The van der Waals surface area contributed by atoms with Gasteiger partial charge in [0.15, 0.2) is 0 Å². The fourth-order valence-electron chi connectivity index (χ4n) is 1.80. The van der Waals surface area contributed by atoms with Crippen molar-refractivity contribution in [3.8, 4) is 0 Å². The SMILES string of the molecule is CCc1cc(N)c(CC)c(S(=O)(=O)NCC(F)(F)F)c1. The van der Waals surface area contributed by atoms with Gasteiger partial charge in [-0.15, -0.1) is 0 Å². The Labute approximate surface area is 116 Å². The van der Waals surface area contributed by atoms with Crippen LogP contribution in [0.25, 0.3) is 0 Å². The lowest BCUT2D eigenvalue weighted by molar-refractivity contribution is -0.121. The first-order valence-electron chi connectivity index (χ1n) is 6.08. The van der Waals surface area contributed by atoms with Crippen molar-refractivity contribution < 1.29 is 21.6 Å². The fraction of sp³-hybridized carbons (Fsp3) is 0.500. The lowest BCUT2D eigenvalue weighted by Gasteiger charge is -2.15. The third kappa shape index (κ3) is 4.11. The molecule has 20 heavy (non-hydrogen) atoms. The summed E-state index contributed by atoms with van der Waals surface area (Å²) in [4.78, 5) is -0.180. The Hall–Kier alpha value is -1.28. The number of nitrogens with two attached hydrogens (primary N) is 1. The van der Waals surface area contributed by atoms with Crippen LogP contribution in [0.5, 0.6) is 0 Å². The van der Waals surface area contributed by atoms with Crippen molar-refractivity contribution in [3.05, 3.63) is 23.3 Å². The van der Waals surface area contributed by atoms with Gasteiger partial charge in [0, 0.05) is 5.69 Å². The van der Waals surface area contributed by atoms with E-state index in [4.69, 9.17) is 5.73 Å². The number of rotatable bonds is 5. The minimum Gasteiger partial charge on any atom is -0.398 e. The molecule has 0 heterocycles. The highest BCUT2D eigenvalue weighted by Gasteiger charge is 2.31. The summed E-state index contributed by atoms with van der Waals surface area (Å²) < 4.78 is 62.1. The molecule has 0 aliphatic heterocycles. The van der Waals surface area contributed by atoms with Crippen LogP contribution in [0.15, 0.2) is 17.0 Å². The molecule has 1 rings (SSSR count). The number of halogens is 3. The predicted octanol–water partition coefficient (Wildman–Crippen LogP) is 2.23. The van der Waals surface area contributed by atoms with E-state index in [2.05, 4.69) is 0 Å². The lowest BCUT2D eigenvalue weighted by atomic mass is 10.1. The van der Waals surface area contributed by atoms with E-state index in [-0.39, 0.29) is 10.6 Å². The molecule has 0 radical (unpaired) electrons. The summed E-state index contributed by atoms with van der Waals surface area (Å²) in [5, 5.41) is 0. The van der Waals surface area contributed by atoms with Crippen molar-refractivity contribution in [2.75, 3.05) is 12.3 Å². The zero-order chi connectivity index (χ0) is 15.6.